The molecule has 0 N–H and O–H groups in total. The minimum atomic E-state index is -0.463. The zero-order valence-corrected chi connectivity index (χ0v) is 12.1. The van der Waals surface area contributed by atoms with Crippen molar-refractivity contribution in [2.75, 3.05) is 0 Å². The fraction of sp³-hybridized carbons (Fsp3) is 0.0667. The average molecular weight is 330 g/mol. The topological polar surface area (TPSA) is 41.6 Å². The zero-order chi connectivity index (χ0) is 14.3. The fourth-order valence-corrected chi connectivity index (χ4v) is 2.67. The minimum absolute atomic E-state index is 0.176. The number of halogens is 2. The molecule has 0 saturated carbocycles. The highest BCUT2D eigenvalue weighted by Gasteiger charge is 2.16. The molecule has 0 aliphatic carbocycles. The van der Waals surface area contributed by atoms with Crippen molar-refractivity contribution in [3.8, 4) is 11.8 Å². The molecule has 98 valence electrons. The van der Waals surface area contributed by atoms with Gasteiger partial charge in [-0.3, -0.25) is 4.57 Å². The van der Waals surface area contributed by atoms with Gasteiger partial charge in [0.25, 0.3) is 0 Å². The van der Waals surface area contributed by atoms with E-state index in [1.54, 1.807) is 16.7 Å². The van der Waals surface area contributed by atoms with Crippen LogP contribution in [0.25, 0.3) is 16.7 Å². The van der Waals surface area contributed by atoms with Gasteiger partial charge in [0.05, 0.1) is 26.8 Å². The maximum atomic E-state index is 14.5. The van der Waals surface area contributed by atoms with Crippen LogP contribution in [0, 0.1) is 24.1 Å². The number of fused-ring (bicyclic) bond motifs is 1. The average Bonchev–Trinajstić information content (AvgIpc) is 2.78. The summed E-state index contributed by atoms with van der Waals surface area (Å²) in [6.07, 6.45) is 0. The molecule has 0 saturated heterocycles. The number of nitrogens with zero attached hydrogens (tertiary/aromatic N) is 3. The lowest BCUT2D eigenvalue weighted by molar-refractivity contribution is 0.611. The quantitative estimate of drug-likeness (QED) is 0.674. The summed E-state index contributed by atoms with van der Waals surface area (Å²) >= 11 is 3.13. The Hall–Kier alpha value is -2.19. The monoisotopic (exact) mass is 329 g/mol. The van der Waals surface area contributed by atoms with Crippen LogP contribution < -0.4 is 0 Å². The van der Waals surface area contributed by atoms with Gasteiger partial charge in [-0.05, 0) is 47.1 Å². The number of aryl methyl sites for hydroxylation is 1. The van der Waals surface area contributed by atoms with Gasteiger partial charge in [0, 0.05) is 0 Å². The number of hydrogen-bond donors (Lipinski definition) is 0. The number of rotatable bonds is 1. The Kier molecular flexibility index (Phi) is 3.03. The van der Waals surface area contributed by atoms with Crippen LogP contribution in [0.1, 0.15) is 11.4 Å². The maximum Gasteiger partial charge on any atom is 0.162 e. The van der Waals surface area contributed by atoms with E-state index in [-0.39, 0.29) is 10.0 Å². The molecular weight excluding hydrogens is 321 g/mol. The Morgan fingerprint density at radius 1 is 1.25 bits per heavy atom. The van der Waals surface area contributed by atoms with Crippen molar-refractivity contribution in [1.29, 1.82) is 5.26 Å². The Morgan fingerprint density at radius 2 is 2.00 bits per heavy atom. The van der Waals surface area contributed by atoms with Crippen molar-refractivity contribution in [3.05, 3.63) is 58.1 Å². The highest BCUT2D eigenvalue weighted by Crippen LogP contribution is 2.29. The van der Waals surface area contributed by atoms with Crippen LogP contribution in [-0.2, 0) is 0 Å². The summed E-state index contributed by atoms with van der Waals surface area (Å²) in [5.74, 6) is 0.233. The molecule has 0 amide bonds. The summed E-state index contributed by atoms with van der Waals surface area (Å²) in [5, 5.41) is 8.92. The molecule has 5 heteroatoms. The van der Waals surface area contributed by atoms with Gasteiger partial charge in [-0.15, -0.1) is 0 Å². The molecule has 0 unspecified atom stereocenters. The first-order valence-corrected chi connectivity index (χ1v) is 6.75. The zero-order valence-electron chi connectivity index (χ0n) is 10.6. The van der Waals surface area contributed by atoms with E-state index in [1.165, 1.54) is 0 Å². The van der Waals surface area contributed by atoms with Gasteiger partial charge in [-0.1, -0.05) is 12.1 Å². The first kappa shape index (κ1) is 12.8. The predicted octanol–water partition coefficient (Wildman–Crippen LogP) is 4.11. The van der Waals surface area contributed by atoms with Crippen molar-refractivity contribution in [2.24, 2.45) is 0 Å². The number of imidazole rings is 1. The van der Waals surface area contributed by atoms with E-state index >= 15 is 0 Å². The van der Waals surface area contributed by atoms with E-state index in [9.17, 15) is 4.39 Å². The third-order valence-electron chi connectivity index (χ3n) is 3.15. The van der Waals surface area contributed by atoms with E-state index in [1.807, 2.05) is 37.3 Å². The summed E-state index contributed by atoms with van der Waals surface area (Å²) in [4.78, 5) is 4.42. The largest absolute Gasteiger partial charge is 0.294 e. The molecule has 0 atom stereocenters. The Labute approximate surface area is 123 Å². The molecule has 3 aromatic rings. The van der Waals surface area contributed by atoms with E-state index in [0.29, 0.717) is 11.5 Å². The summed E-state index contributed by atoms with van der Waals surface area (Å²) in [7, 11) is 0. The Bertz CT molecular complexity index is 861. The number of benzene rings is 2. The summed E-state index contributed by atoms with van der Waals surface area (Å²) in [6, 6.07) is 12.7. The number of para-hydroxylation sites is 2. The second-order valence-electron chi connectivity index (χ2n) is 4.36. The lowest BCUT2D eigenvalue weighted by Crippen LogP contribution is -2.01. The molecule has 1 aromatic heterocycles. The number of nitriles is 1. The molecule has 0 fully saturated rings. The van der Waals surface area contributed by atoms with E-state index in [0.717, 1.165) is 11.0 Å². The smallest absolute Gasteiger partial charge is 0.162 e. The lowest BCUT2D eigenvalue weighted by Gasteiger charge is -2.10. The molecular formula is C15H9BrFN3. The van der Waals surface area contributed by atoms with Gasteiger partial charge < -0.3 is 0 Å². The molecule has 0 bridgehead atoms. The number of hydrogen-bond acceptors (Lipinski definition) is 2. The van der Waals surface area contributed by atoms with Gasteiger partial charge >= 0.3 is 0 Å². The molecule has 3 rings (SSSR count). The lowest BCUT2D eigenvalue weighted by atomic mass is 10.2. The van der Waals surface area contributed by atoms with Crippen molar-refractivity contribution in [3.63, 3.8) is 0 Å². The maximum absolute atomic E-state index is 14.5. The van der Waals surface area contributed by atoms with Crippen LogP contribution in [0.3, 0.4) is 0 Å². The van der Waals surface area contributed by atoms with E-state index in [4.69, 9.17) is 5.26 Å². The van der Waals surface area contributed by atoms with Crippen LogP contribution in [0.15, 0.2) is 40.9 Å². The third kappa shape index (κ3) is 1.81. The predicted molar refractivity (Wildman–Crippen MR) is 78.2 cm³/mol. The molecule has 3 nitrogen and oxygen atoms in total. The SMILES string of the molecule is Cc1nc2ccccc2n1-c1ccc(C#N)c(Br)c1F. The highest BCUT2D eigenvalue weighted by molar-refractivity contribution is 9.10. The van der Waals surface area contributed by atoms with E-state index in [2.05, 4.69) is 20.9 Å². The second kappa shape index (κ2) is 4.73. The molecule has 0 spiro atoms. The van der Waals surface area contributed by atoms with Crippen molar-refractivity contribution >= 4 is 27.0 Å². The van der Waals surface area contributed by atoms with Crippen LogP contribution >= 0.6 is 15.9 Å². The summed E-state index contributed by atoms with van der Waals surface area (Å²) in [6.45, 7) is 1.82. The normalized spacial score (nSPS) is 10.7. The van der Waals surface area contributed by atoms with Gasteiger partial charge in [-0.2, -0.15) is 5.26 Å². The second-order valence-corrected chi connectivity index (χ2v) is 5.15. The molecule has 20 heavy (non-hydrogen) atoms. The molecule has 2 aromatic carbocycles. The van der Waals surface area contributed by atoms with Crippen LogP contribution in [0.5, 0.6) is 0 Å². The standard InChI is InChI=1S/C15H9BrFN3/c1-9-19-11-4-2-3-5-12(11)20(9)13-7-6-10(8-18)14(16)15(13)17/h2-7H,1H3. The van der Waals surface area contributed by atoms with Crippen molar-refractivity contribution in [2.45, 2.75) is 6.92 Å². The first-order valence-electron chi connectivity index (χ1n) is 5.96. The molecule has 0 aliphatic heterocycles. The van der Waals surface area contributed by atoms with Crippen molar-refractivity contribution in [1.82, 2.24) is 9.55 Å². The minimum Gasteiger partial charge on any atom is -0.294 e. The fourth-order valence-electron chi connectivity index (χ4n) is 2.25. The van der Waals surface area contributed by atoms with Gasteiger partial charge in [0.1, 0.15) is 11.9 Å². The van der Waals surface area contributed by atoms with Crippen LogP contribution in [0.2, 0.25) is 0 Å². The summed E-state index contributed by atoms with van der Waals surface area (Å²) in [5.41, 5.74) is 2.29. The third-order valence-corrected chi connectivity index (χ3v) is 3.93. The van der Waals surface area contributed by atoms with Crippen LogP contribution in [0.4, 0.5) is 4.39 Å². The molecule has 1 heterocycles. The van der Waals surface area contributed by atoms with Gasteiger partial charge in [0.2, 0.25) is 0 Å². The Morgan fingerprint density at radius 3 is 2.75 bits per heavy atom. The highest BCUT2D eigenvalue weighted by atomic mass is 79.9. The first-order chi connectivity index (χ1) is 9.63. The summed E-state index contributed by atoms with van der Waals surface area (Å²) < 4.78 is 16.4. The van der Waals surface area contributed by atoms with Crippen molar-refractivity contribution < 1.29 is 4.39 Å². The Balaban J connectivity index is 2.35. The van der Waals surface area contributed by atoms with Gasteiger partial charge in [0.15, 0.2) is 5.82 Å². The van der Waals surface area contributed by atoms with Gasteiger partial charge in [-0.25, -0.2) is 9.37 Å². The number of aromatic nitrogens is 2. The van der Waals surface area contributed by atoms with Crippen LogP contribution in [-0.4, -0.2) is 9.55 Å². The molecule has 0 aliphatic rings. The van der Waals surface area contributed by atoms with E-state index < -0.39 is 5.82 Å². The molecule has 0 radical (unpaired) electrons.